The molecule has 192 valence electrons. The van der Waals surface area contributed by atoms with E-state index in [0.717, 1.165) is 17.4 Å². The molecule has 1 fully saturated rings. The number of amides is 1. The van der Waals surface area contributed by atoms with E-state index in [1.807, 2.05) is 6.07 Å². The van der Waals surface area contributed by atoms with Gasteiger partial charge in [-0.1, -0.05) is 29.5 Å². The number of rotatable bonds is 6. The molecule has 1 saturated heterocycles. The fourth-order valence-corrected chi connectivity index (χ4v) is 6.31. The summed E-state index contributed by atoms with van der Waals surface area (Å²) in [5.74, 6) is -1.59. The number of piperidine rings is 1. The van der Waals surface area contributed by atoms with E-state index in [1.54, 1.807) is 29.2 Å². The number of para-hydroxylation sites is 1. The molecule has 0 saturated carbocycles. The smallest absolute Gasteiger partial charge is 0.274 e. The molecular formula is C26H23F2N3O4S2. The van der Waals surface area contributed by atoms with Gasteiger partial charge in [-0.25, -0.2) is 17.2 Å². The molecule has 11 heteroatoms. The van der Waals surface area contributed by atoms with Gasteiger partial charge in [0.1, 0.15) is 17.4 Å². The number of thiazole rings is 1. The van der Waals surface area contributed by atoms with Crippen LogP contribution in [0.5, 0.6) is 5.19 Å². The summed E-state index contributed by atoms with van der Waals surface area (Å²) in [4.78, 5) is 18.9. The maximum atomic E-state index is 13.9. The van der Waals surface area contributed by atoms with Gasteiger partial charge in [-0.2, -0.15) is 4.98 Å². The molecular weight excluding hydrogens is 520 g/mol. The molecule has 1 aromatic heterocycles. The lowest BCUT2D eigenvalue weighted by Crippen LogP contribution is -2.41. The lowest BCUT2D eigenvalue weighted by atomic mass is 10.1. The molecule has 1 aliphatic rings. The highest BCUT2D eigenvalue weighted by atomic mass is 32.2. The van der Waals surface area contributed by atoms with Crippen molar-refractivity contribution in [3.05, 3.63) is 83.9 Å². The van der Waals surface area contributed by atoms with Crippen LogP contribution in [0.15, 0.2) is 71.6 Å². The Kier molecular flexibility index (Phi) is 6.82. The van der Waals surface area contributed by atoms with E-state index in [2.05, 4.69) is 4.98 Å². The van der Waals surface area contributed by atoms with Crippen molar-refractivity contribution < 1.29 is 26.7 Å². The second-order valence-corrected chi connectivity index (χ2v) is 11.6. The second-order valence-electron chi connectivity index (χ2n) is 8.66. The topological polar surface area (TPSA) is 79.8 Å². The molecule has 0 bridgehead atoms. The van der Waals surface area contributed by atoms with Gasteiger partial charge in [0.2, 0.25) is 0 Å². The third-order valence-corrected chi connectivity index (χ3v) is 8.96. The minimum Gasteiger partial charge on any atom is -0.467 e. The number of halogens is 2. The molecule has 0 unspecified atom stereocenters. The molecule has 0 spiro atoms. The van der Waals surface area contributed by atoms with Crippen LogP contribution in [0.1, 0.15) is 23.2 Å². The summed E-state index contributed by atoms with van der Waals surface area (Å²) in [6.45, 7) is 0.877. The van der Waals surface area contributed by atoms with E-state index < -0.39 is 21.7 Å². The molecule has 3 aromatic carbocycles. The number of aromatic nitrogens is 1. The van der Waals surface area contributed by atoms with Crippen LogP contribution in [-0.2, 0) is 10.0 Å². The number of carbonyl (C=O) groups is 1. The summed E-state index contributed by atoms with van der Waals surface area (Å²) in [5, 5.41) is 0.265. The summed E-state index contributed by atoms with van der Waals surface area (Å²) in [7, 11) is -2.28. The van der Waals surface area contributed by atoms with E-state index >= 15 is 0 Å². The minimum atomic E-state index is -3.77. The van der Waals surface area contributed by atoms with Crippen molar-refractivity contribution in [2.45, 2.75) is 23.8 Å². The average Bonchev–Trinajstić information content (AvgIpc) is 3.31. The Balaban J connectivity index is 1.20. The maximum Gasteiger partial charge on any atom is 0.274 e. The Labute approximate surface area is 217 Å². The number of sulfonamides is 1. The van der Waals surface area contributed by atoms with Gasteiger partial charge in [-0.05, 0) is 42.5 Å². The summed E-state index contributed by atoms with van der Waals surface area (Å²) >= 11 is 1.08. The zero-order chi connectivity index (χ0) is 26.2. The third-order valence-electron chi connectivity index (χ3n) is 6.27. The van der Waals surface area contributed by atoms with Crippen molar-refractivity contribution in [2.24, 2.45) is 0 Å². The first-order valence-corrected chi connectivity index (χ1v) is 13.8. The highest BCUT2D eigenvalue weighted by Gasteiger charge is 2.27. The van der Waals surface area contributed by atoms with Crippen molar-refractivity contribution in [3.8, 4) is 5.19 Å². The van der Waals surface area contributed by atoms with Gasteiger partial charge in [-0.15, -0.1) is 0 Å². The molecule has 5 rings (SSSR count). The molecule has 37 heavy (non-hydrogen) atoms. The number of hydrogen-bond acceptors (Lipinski definition) is 6. The highest BCUT2D eigenvalue weighted by Crippen LogP contribution is 2.32. The SMILES string of the molecule is CN(c1ccccc1)S(=O)(=O)c1ccc(C(=O)N2CCC(Oc3nc4c(F)cc(F)cc4s3)CC2)cc1. The van der Waals surface area contributed by atoms with Gasteiger partial charge in [0.05, 0.1) is 15.3 Å². The van der Waals surface area contributed by atoms with Crippen molar-refractivity contribution >= 4 is 43.2 Å². The molecule has 2 heterocycles. The molecule has 4 aromatic rings. The van der Waals surface area contributed by atoms with Crippen LogP contribution >= 0.6 is 11.3 Å². The van der Waals surface area contributed by atoms with Crippen LogP contribution in [0.4, 0.5) is 14.5 Å². The third kappa shape index (κ3) is 5.14. The van der Waals surface area contributed by atoms with Gasteiger partial charge >= 0.3 is 0 Å². The first-order chi connectivity index (χ1) is 17.7. The minimum absolute atomic E-state index is 0.0782. The molecule has 1 amide bonds. The van der Waals surface area contributed by atoms with E-state index in [9.17, 15) is 22.0 Å². The predicted octanol–water partition coefficient (Wildman–Crippen LogP) is 5.08. The number of ether oxygens (including phenoxy) is 1. The van der Waals surface area contributed by atoms with Crippen molar-refractivity contribution in [1.82, 2.24) is 9.88 Å². The molecule has 0 atom stereocenters. The van der Waals surface area contributed by atoms with Crippen LogP contribution in [-0.4, -0.2) is 50.5 Å². The number of carbonyl (C=O) groups excluding carboxylic acids is 1. The van der Waals surface area contributed by atoms with Gasteiger partial charge in [0.15, 0.2) is 5.82 Å². The summed E-state index contributed by atoms with van der Waals surface area (Å²) in [6.07, 6.45) is 0.887. The Morgan fingerprint density at radius 3 is 2.41 bits per heavy atom. The van der Waals surface area contributed by atoms with Crippen molar-refractivity contribution in [2.75, 3.05) is 24.4 Å². The number of fused-ring (bicyclic) bond motifs is 1. The van der Waals surface area contributed by atoms with Crippen LogP contribution in [0.25, 0.3) is 10.2 Å². The predicted molar refractivity (Wildman–Crippen MR) is 138 cm³/mol. The first-order valence-electron chi connectivity index (χ1n) is 11.6. The summed E-state index contributed by atoms with van der Waals surface area (Å²) in [6, 6.07) is 16.7. The zero-order valence-electron chi connectivity index (χ0n) is 19.8. The van der Waals surface area contributed by atoms with Gasteiger partial charge < -0.3 is 9.64 Å². The summed E-state index contributed by atoms with van der Waals surface area (Å²) in [5.41, 5.74) is 1.01. The highest BCUT2D eigenvalue weighted by molar-refractivity contribution is 7.92. The quantitative estimate of drug-likeness (QED) is 0.339. The lowest BCUT2D eigenvalue weighted by Gasteiger charge is -2.31. The number of nitrogens with zero attached hydrogens (tertiary/aromatic N) is 3. The van der Waals surface area contributed by atoms with E-state index in [4.69, 9.17) is 4.74 Å². The Morgan fingerprint density at radius 2 is 1.73 bits per heavy atom. The van der Waals surface area contributed by atoms with Gasteiger partial charge in [-0.3, -0.25) is 9.10 Å². The summed E-state index contributed by atoms with van der Waals surface area (Å²) < 4.78 is 60.8. The first kappa shape index (κ1) is 25.1. The number of benzene rings is 3. The Bertz CT molecular complexity index is 1540. The van der Waals surface area contributed by atoms with Gasteiger partial charge in [0, 0.05) is 44.6 Å². The lowest BCUT2D eigenvalue weighted by molar-refractivity contribution is 0.0595. The largest absolute Gasteiger partial charge is 0.467 e. The monoisotopic (exact) mass is 543 g/mol. The average molecular weight is 544 g/mol. The standard InChI is InChI=1S/C26H23F2N3O4S2/c1-30(19-5-3-2-4-6-19)37(33,34)21-9-7-17(8-10-21)25(32)31-13-11-20(12-14-31)35-26-29-24-22(28)15-18(27)16-23(24)36-26/h2-10,15-16,20H,11-14H2,1H3. The van der Waals surface area contributed by atoms with Crippen LogP contribution in [0.3, 0.4) is 0 Å². The Hall–Kier alpha value is -3.57. The van der Waals surface area contributed by atoms with Crippen molar-refractivity contribution in [1.29, 1.82) is 0 Å². The molecule has 0 N–H and O–H groups in total. The molecule has 7 nitrogen and oxygen atoms in total. The zero-order valence-corrected chi connectivity index (χ0v) is 21.4. The number of hydrogen-bond donors (Lipinski definition) is 0. The second kappa shape index (κ2) is 10.1. The number of anilines is 1. The van der Waals surface area contributed by atoms with Gasteiger partial charge in [0.25, 0.3) is 21.1 Å². The van der Waals surface area contributed by atoms with Crippen LogP contribution in [0.2, 0.25) is 0 Å². The normalized spacial score (nSPS) is 14.6. The fourth-order valence-electron chi connectivity index (χ4n) is 4.19. The van der Waals surface area contributed by atoms with E-state index in [-0.39, 0.29) is 27.6 Å². The molecule has 1 aliphatic heterocycles. The molecule has 0 radical (unpaired) electrons. The van der Waals surface area contributed by atoms with E-state index in [1.165, 1.54) is 41.7 Å². The fraction of sp³-hybridized carbons (Fsp3) is 0.231. The Morgan fingerprint density at radius 1 is 1.05 bits per heavy atom. The van der Waals surface area contributed by atoms with E-state index in [0.29, 0.717) is 41.9 Å². The van der Waals surface area contributed by atoms with Crippen LogP contribution < -0.4 is 9.04 Å². The van der Waals surface area contributed by atoms with Crippen LogP contribution in [0, 0.1) is 11.6 Å². The molecule has 0 aliphatic carbocycles. The van der Waals surface area contributed by atoms with Crippen molar-refractivity contribution in [3.63, 3.8) is 0 Å². The maximum absolute atomic E-state index is 13.9. The number of likely N-dealkylation sites (tertiary alicyclic amines) is 1.